The summed E-state index contributed by atoms with van der Waals surface area (Å²) in [5.41, 5.74) is 13.6. The van der Waals surface area contributed by atoms with E-state index in [0.29, 0.717) is 11.1 Å². The van der Waals surface area contributed by atoms with Gasteiger partial charge in [0, 0.05) is 5.69 Å². The standard InChI is InChI=1S/C41H35N3/c1-3-5-11-28-21-29(12-6-4-2)23-32(22-28)44-39-15-9-7-13-35(39)41(36-14-8-10-16-40(36)44)37-24-30(26-42)17-19-33(37)34-20-18-31(27-43)25-38(34)41/h7-10,13-25H,3-6,11-12H2,1-2H3. The second-order valence-corrected chi connectivity index (χ2v) is 12.1. The first-order valence-electron chi connectivity index (χ1n) is 15.9. The van der Waals surface area contributed by atoms with Crippen LogP contribution < -0.4 is 4.90 Å². The molecule has 3 nitrogen and oxygen atoms in total. The van der Waals surface area contributed by atoms with Crippen LogP contribution >= 0.6 is 0 Å². The molecular weight excluding hydrogens is 534 g/mol. The molecule has 3 heteroatoms. The molecule has 0 saturated heterocycles. The fourth-order valence-electron chi connectivity index (χ4n) is 7.49. The molecule has 0 radical (unpaired) electrons. The van der Waals surface area contributed by atoms with E-state index in [1.807, 2.05) is 12.1 Å². The average Bonchev–Trinajstić information content (AvgIpc) is 3.35. The molecule has 1 spiro atoms. The largest absolute Gasteiger partial charge is 0.310 e. The van der Waals surface area contributed by atoms with Gasteiger partial charge in [-0.3, -0.25) is 0 Å². The third-order valence-electron chi connectivity index (χ3n) is 9.43. The molecule has 5 aromatic carbocycles. The predicted molar refractivity (Wildman–Crippen MR) is 179 cm³/mol. The Morgan fingerprint density at radius 2 is 1.05 bits per heavy atom. The van der Waals surface area contributed by atoms with E-state index >= 15 is 0 Å². The first-order valence-corrected chi connectivity index (χ1v) is 15.9. The maximum atomic E-state index is 10.0. The van der Waals surface area contributed by atoms with Crippen molar-refractivity contribution >= 4 is 17.1 Å². The van der Waals surface area contributed by atoms with Crippen LogP contribution in [0, 0.1) is 22.7 Å². The zero-order chi connectivity index (χ0) is 30.3. The average molecular weight is 570 g/mol. The van der Waals surface area contributed by atoms with Crippen molar-refractivity contribution in [2.75, 3.05) is 4.90 Å². The van der Waals surface area contributed by atoms with E-state index < -0.39 is 5.41 Å². The Bertz CT molecular complexity index is 1850. The molecule has 0 fully saturated rings. The van der Waals surface area contributed by atoms with Crippen LogP contribution in [0.1, 0.15) is 84.0 Å². The van der Waals surface area contributed by atoms with Crippen molar-refractivity contribution in [3.8, 4) is 23.3 Å². The monoisotopic (exact) mass is 569 g/mol. The summed E-state index contributed by atoms with van der Waals surface area (Å²) in [5.74, 6) is 0. The number of benzene rings is 5. The topological polar surface area (TPSA) is 50.8 Å². The van der Waals surface area contributed by atoms with Gasteiger partial charge < -0.3 is 4.90 Å². The molecule has 214 valence electrons. The molecule has 0 N–H and O–H groups in total. The van der Waals surface area contributed by atoms with Gasteiger partial charge in [-0.15, -0.1) is 0 Å². The normalized spacial score (nSPS) is 13.4. The minimum absolute atomic E-state index is 0.637. The van der Waals surface area contributed by atoms with Crippen LogP contribution in [0.2, 0.25) is 0 Å². The van der Waals surface area contributed by atoms with E-state index in [2.05, 4.69) is 122 Å². The zero-order valence-corrected chi connectivity index (χ0v) is 25.4. The van der Waals surface area contributed by atoms with Crippen molar-refractivity contribution in [2.45, 2.75) is 57.8 Å². The first-order chi connectivity index (χ1) is 21.6. The predicted octanol–water partition coefficient (Wildman–Crippen LogP) is 10.3. The summed E-state index contributed by atoms with van der Waals surface area (Å²) in [5, 5.41) is 20.0. The summed E-state index contributed by atoms with van der Waals surface area (Å²) in [6, 6.07) is 41.5. The van der Waals surface area contributed by atoms with E-state index in [1.165, 1.54) is 42.5 Å². The lowest BCUT2D eigenvalue weighted by atomic mass is 9.64. The molecule has 5 aromatic rings. The fourth-order valence-corrected chi connectivity index (χ4v) is 7.49. The van der Waals surface area contributed by atoms with Gasteiger partial charge in [0.2, 0.25) is 0 Å². The summed E-state index contributed by atoms with van der Waals surface area (Å²) in [4.78, 5) is 2.45. The van der Waals surface area contributed by atoms with E-state index in [1.54, 1.807) is 0 Å². The van der Waals surface area contributed by atoms with Gasteiger partial charge in [0.1, 0.15) is 0 Å². The van der Waals surface area contributed by atoms with Gasteiger partial charge in [-0.1, -0.05) is 81.3 Å². The number of anilines is 3. The molecule has 1 aliphatic heterocycles. The van der Waals surface area contributed by atoms with E-state index in [9.17, 15) is 10.5 Å². The smallest absolute Gasteiger partial charge is 0.0991 e. The summed E-state index contributed by atoms with van der Waals surface area (Å²) in [6.45, 7) is 4.51. The molecule has 0 bridgehead atoms. The Hall–Kier alpha value is -5.12. The Balaban J connectivity index is 1.56. The van der Waals surface area contributed by atoms with E-state index in [-0.39, 0.29) is 0 Å². The van der Waals surface area contributed by atoms with E-state index in [0.717, 1.165) is 57.6 Å². The third-order valence-corrected chi connectivity index (χ3v) is 9.43. The number of unbranched alkanes of at least 4 members (excludes halogenated alkanes) is 2. The molecule has 0 amide bonds. The lowest BCUT2D eigenvalue weighted by Gasteiger charge is -2.45. The number of nitriles is 2. The molecule has 2 aliphatic rings. The van der Waals surface area contributed by atoms with Crippen molar-refractivity contribution in [2.24, 2.45) is 0 Å². The second kappa shape index (κ2) is 11.2. The maximum Gasteiger partial charge on any atom is 0.0991 e. The van der Waals surface area contributed by atoms with Gasteiger partial charge >= 0.3 is 0 Å². The van der Waals surface area contributed by atoms with E-state index in [4.69, 9.17) is 0 Å². The van der Waals surface area contributed by atoms with Crippen LogP contribution in [-0.4, -0.2) is 0 Å². The highest BCUT2D eigenvalue weighted by molar-refractivity contribution is 5.96. The van der Waals surface area contributed by atoms with Crippen LogP contribution in [0.4, 0.5) is 17.1 Å². The summed E-state index contributed by atoms with van der Waals surface area (Å²) >= 11 is 0. The zero-order valence-electron chi connectivity index (χ0n) is 25.4. The van der Waals surface area contributed by atoms with Gasteiger partial charge in [-0.2, -0.15) is 10.5 Å². The van der Waals surface area contributed by atoms with Crippen molar-refractivity contribution in [3.05, 3.63) is 148 Å². The molecule has 7 rings (SSSR count). The Morgan fingerprint density at radius 3 is 1.50 bits per heavy atom. The van der Waals surface area contributed by atoms with Crippen LogP contribution in [-0.2, 0) is 18.3 Å². The van der Waals surface area contributed by atoms with Crippen LogP contribution in [0.25, 0.3) is 11.1 Å². The van der Waals surface area contributed by atoms with Gasteiger partial charge in [0.15, 0.2) is 0 Å². The molecule has 44 heavy (non-hydrogen) atoms. The summed E-state index contributed by atoms with van der Waals surface area (Å²) in [7, 11) is 0. The number of rotatable bonds is 7. The first kappa shape index (κ1) is 27.7. The van der Waals surface area contributed by atoms with Gasteiger partial charge in [-0.25, -0.2) is 0 Å². The Labute approximate surface area is 260 Å². The molecule has 0 unspecified atom stereocenters. The quantitative estimate of drug-likeness (QED) is 0.192. The fraction of sp³-hybridized carbons (Fsp3) is 0.220. The van der Waals surface area contributed by atoms with Crippen LogP contribution in [0.5, 0.6) is 0 Å². The Kier molecular flexibility index (Phi) is 7.04. The lowest BCUT2D eigenvalue weighted by molar-refractivity contribution is 0.751. The minimum Gasteiger partial charge on any atom is -0.310 e. The van der Waals surface area contributed by atoms with Gasteiger partial charge in [0.05, 0.1) is 40.1 Å². The Morgan fingerprint density at radius 1 is 0.568 bits per heavy atom. The number of aryl methyl sites for hydroxylation is 2. The SMILES string of the molecule is CCCCc1cc(CCCC)cc(N2c3ccccc3C3(c4cc(C#N)ccc4-c4ccc(C#N)cc43)c3ccccc32)c1. The second-order valence-electron chi connectivity index (χ2n) is 12.1. The van der Waals surface area contributed by atoms with Crippen molar-refractivity contribution in [1.29, 1.82) is 10.5 Å². The molecule has 0 aromatic heterocycles. The lowest BCUT2D eigenvalue weighted by Crippen LogP contribution is -2.36. The molecule has 0 saturated carbocycles. The molecular formula is C41H35N3. The van der Waals surface area contributed by atoms with Gasteiger partial charge in [0.25, 0.3) is 0 Å². The number of fused-ring (bicyclic) bond motifs is 9. The van der Waals surface area contributed by atoms with Crippen LogP contribution in [0.3, 0.4) is 0 Å². The highest BCUT2D eigenvalue weighted by atomic mass is 15.2. The number of hydrogen-bond acceptors (Lipinski definition) is 3. The highest BCUT2D eigenvalue weighted by Crippen LogP contribution is 2.63. The number of hydrogen-bond donors (Lipinski definition) is 0. The minimum atomic E-state index is -0.668. The summed E-state index contributed by atoms with van der Waals surface area (Å²) < 4.78 is 0. The summed E-state index contributed by atoms with van der Waals surface area (Å²) in [6.07, 6.45) is 6.81. The number of para-hydroxylation sites is 2. The molecule has 1 heterocycles. The van der Waals surface area contributed by atoms with Crippen molar-refractivity contribution in [1.82, 2.24) is 0 Å². The van der Waals surface area contributed by atoms with Crippen molar-refractivity contribution < 1.29 is 0 Å². The molecule has 1 aliphatic carbocycles. The third kappa shape index (κ3) is 4.16. The number of nitrogens with zero attached hydrogens (tertiary/aromatic N) is 3. The maximum absolute atomic E-state index is 10.0. The molecule has 0 atom stereocenters. The van der Waals surface area contributed by atoms with Crippen molar-refractivity contribution in [3.63, 3.8) is 0 Å². The van der Waals surface area contributed by atoms with Gasteiger partial charge in [-0.05, 0) is 119 Å². The highest BCUT2D eigenvalue weighted by Gasteiger charge is 2.51. The van der Waals surface area contributed by atoms with Crippen LogP contribution in [0.15, 0.2) is 103 Å².